The molecule has 1 N–H and O–H groups in total. The number of ether oxygens (including phenoxy) is 2. The molecule has 0 spiro atoms. The molecule has 0 bridgehead atoms. The average Bonchev–Trinajstić information content (AvgIpc) is 3.39. The van der Waals surface area contributed by atoms with Crippen LogP contribution in [0.15, 0.2) is 22.5 Å². The molecule has 0 aliphatic carbocycles. The van der Waals surface area contributed by atoms with E-state index in [0.717, 1.165) is 58.9 Å². The maximum absolute atomic E-state index is 12.9. The highest BCUT2D eigenvalue weighted by Crippen LogP contribution is 2.39. The van der Waals surface area contributed by atoms with Crippen molar-refractivity contribution >= 4 is 34.1 Å². The first-order valence-corrected chi connectivity index (χ1v) is 11.2. The zero-order valence-corrected chi connectivity index (χ0v) is 18.1. The number of benzene rings is 1. The number of methoxy groups -OCH3 is 2. The third kappa shape index (κ3) is 4.88. The first kappa shape index (κ1) is 20.7. The number of thioether (sulfide) groups is 1. The van der Waals surface area contributed by atoms with Crippen LogP contribution >= 0.6 is 23.1 Å². The normalized spacial score (nSPS) is 16.2. The summed E-state index contributed by atoms with van der Waals surface area (Å²) in [6, 6.07) is 5.75. The summed E-state index contributed by atoms with van der Waals surface area (Å²) in [6.45, 7) is 3.73. The first-order chi connectivity index (χ1) is 13.7. The molecular formula is C19H26N4O3S2. The van der Waals surface area contributed by atoms with E-state index in [0.29, 0.717) is 5.75 Å². The Hall–Kier alpha value is -2.00. The number of aromatic nitrogens is 2. The minimum absolute atomic E-state index is 0.00866. The zero-order chi connectivity index (χ0) is 19.9. The number of carbonyl (C=O) groups is 1. The minimum Gasteiger partial charge on any atom is -0.497 e. The maximum atomic E-state index is 12.9. The fraction of sp³-hybridized carbons (Fsp3) is 0.526. The fourth-order valence-electron chi connectivity index (χ4n) is 3.27. The van der Waals surface area contributed by atoms with Crippen LogP contribution in [0.5, 0.6) is 11.5 Å². The van der Waals surface area contributed by atoms with Crippen LogP contribution < -0.4 is 14.8 Å². The predicted octanol–water partition coefficient (Wildman–Crippen LogP) is 3.83. The van der Waals surface area contributed by atoms with Gasteiger partial charge in [0.05, 0.1) is 26.0 Å². The van der Waals surface area contributed by atoms with E-state index in [1.807, 2.05) is 23.1 Å². The molecule has 1 amide bonds. The summed E-state index contributed by atoms with van der Waals surface area (Å²) in [6.07, 6.45) is 2.93. The van der Waals surface area contributed by atoms with Gasteiger partial charge in [-0.05, 0) is 37.5 Å². The Bertz CT molecular complexity index is 799. The Morgan fingerprint density at radius 2 is 2.21 bits per heavy atom. The van der Waals surface area contributed by atoms with Crippen LogP contribution in [-0.2, 0) is 4.79 Å². The molecule has 3 rings (SSSR count). The molecule has 1 atom stereocenters. The van der Waals surface area contributed by atoms with Gasteiger partial charge >= 0.3 is 0 Å². The van der Waals surface area contributed by atoms with Crippen molar-refractivity contribution in [3.8, 4) is 11.5 Å². The van der Waals surface area contributed by atoms with Crippen molar-refractivity contribution in [3.63, 3.8) is 0 Å². The molecule has 1 aromatic carbocycles. The predicted molar refractivity (Wildman–Crippen MR) is 113 cm³/mol. The molecule has 28 heavy (non-hydrogen) atoms. The van der Waals surface area contributed by atoms with Gasteiger partial charge in [0.1, 0.15) is 11.5 Å². The molecule has 2 heterocycles. The molecule has 7 nitrogen and oxygen atoms in total. The van der Waals surface area contributed by atoms with Crippen molar-refractivity contribution in [1.82, 2.24) is 15.1 Å². The van der Waals surface area contributed by atoms with Gasteiger partial charge in [-0.25, -0.2) is 0 Å². The number of nitrogens with one attached hydrogen (secondary N) is 1. The van der Waals surface area contributed by atoms with Crippen LogP contribution in [0.3, 0.4) is 0 Å². The largest absolute Gasteiger partial charge is 0.497 e. The van der Waals surface area contributed by atoms with Crippen molar-refractivity contribution in [2.75, 3.05) is 38.4 Å². The smallest absolute Gasteiger partial charge is 0.233 e. The van der Waals surface area contributed by atoms with E-state index in [9.17, 15) is 4.79 Å². The first-order valence-electron chi connectivity index (χ1n) is 9.37. The van der Waals surface area contributed by atoms with E-state index >= 15 is 0 Å². The fourth-order valence-corrected chi connectivity index (χ4v) is 4.93. The van der Waals surface area contributed by atoms with Gasteiger partial charge in [-0.3, -0.25) is 4.79 Å². The number of carbonyl (C=O) groups excluding carboxylic acids is 1. The number of amides is 1. The number of nitrogens with zero attached hydrogens (tertiary/aromatic N) is 3. The monoisotopic (exact) mass is 422 g/mol. The molecule has 1 aliphatic rings. The maximum Gasteiger partial charge on any atom is 0.233 e. The van der Waals surface area contributed by atoms with Gasteiger partial charge in [0, 0.05) is 18.7 Å². The van der Waals surface area contributed by atoms with Crippen LogP contribution in [0, 0.1) is 0 Å². The summed E-state index contributed by atoms with van der Waals surface area (Å²) in [5, 5.41) is 12.3. The molecular weight excluding hydrogens is 396 g/mol. The third-order valence-electron chi connectivity index (χ3n) is 4.62. The van der Waals surface area contributed by atoms with Crippen molar-refractivity contribution in [2.24, 2.45) is 0 Å². The number of likely N-dealkylation sites (tertiary alicyclic amines) is 1. The summed E-state index contributed by atoms with van der Waals surface area (Å²) < 4.78 is 11.7. The summed E-state index contributed by atoms with van der Waals surface area (Å²) in [5.74, 6) is 2.01. The van der Waals surface area contributed by atoms with Gasteiger partial charge in [-0.1, -0.05) is 30.0 Å². The molecule has 0 radical (unpaired) electrons. The van der Waals surface area contributed by atoms with Crippen molar-refractivity contribution in [3.05, 3.63) is 23.8 Å². The summed E-state index contributed by atoms with van der Waals surface area (Å²) >= 11 is 2.93. The van der Waals surface area contributed by atoms with E-state index < -0.39 is 0 Å². The van der Waals surface area contributed by atoms with Gasteiger partial charge in [0.25, 0.3) is 0 Å². The average molecular weight is 423 g/mol. The lowest BCUT2D eigenvalue weighted by Gasteiger charge is -2.26. The highest BCUT2D eigenvalue weighted by molar-refractivity contribution is 8.01. The molecule has 0 saturated carbocycles. The van der Waals surface area contributed by atoms with Gasteiger partial charge in [0.15, 0.2) is 4.34 Å². The second kappa shape index (κ2) is 9.97. The molecule has 9 heteroatoms. The van der Waals surface area contributed by atoms with E-state index in [1.54, 1.807) is 14.2 Å². The molecule has 1 saturated heterocycles. The molecule has 1 aliphatic heterocycles. The quantitative estimate of drug-likeness (QED) is 0.615. The molecule has 1 fully saturated rings. The van der Waals surface area contributed by atoms with Crippen molar-refractivity contribution in [1.29, 1.82) is 0 Å². The summed E-state index contributed by atoms with van der Waals surface area (Å²) in [4.78, 5) is 14.9. The summed E-state index contributed by atoms with van der Waals surface area (Å²) in [5.41, 5.74) is 1.000. The van der Waals surface area contributed by atoms with Crippen molar-refractivity contribution in [2.45, 2.75) is 36.6 Å². The minimum atomic E-state index is 0.00866. The van der Waals surface area contributed by atoms with Crippen LogP contribution in [-0.4, -0.2) is 54.1 Å². The van der Waals surface area contributed by atoms with E-state index in [4.69, 9.17) is 9.47 Å². The van der Waals surface area contributed by atoms with E-state index in [-0.39, 0.29) is 11.9 Å². The Morgan fingerprint density at radius 3 is 2.96 bits per heavy atom. The van der Waals surface area contributed by atoms with Gasteiger partial charge in [0.2, 0.25) is 11.0 Å². The standard InChI is InChI=1S/C19H26N4O3S2/c1-4-9-20-18-21-22-19(28-18)27-12-17(24)23-10-5-6-15(23)14-11-13(25-2)7-8-16(14)26-3/h7-8,11,15H,4-6,9-10,12H2,1-3H3,(H,20,21). The van der Waals surface area contributed by atoms with Crippen LogP contribution in [0.4, 0.5) is 5.13 Å². The Balaban J connectivity index is 1.65. The van der Waals surface area contributed by atoms with Gasteiger partial charge < -0.3 is 19.7 Å². The number of rotatable bonds is 9. The lowest BCUT2D eigenvalue weighted by molar-refractivity contribution is -0.129. The Morgan fingerprint density at radius 1 is 1.36 bits per heavy atom. The van der Waals surface area contributed by atoms with Gasteiger partial charge in [-0.2, -0.15) is 0 Å². The van der Waals surface area contributed by atoms with Gasteiger partial charge in [-0.15, -0.1) is 10.2 Å². The molecule has 2 aromatic rings. The molecule has 1 aromatic heterocycles. The third-order valence-corrected chi connectivity index (χ3v) is 6.62. The SMILES string of the molecule is CCCNc1nnc(SCC(=O)N2CCCC2c2cc(OC)ccc2OC)s1. The second-order valence-corrected chi connectivity index (χ2v) is 8.64. The number of hydrogen-bond acceptors (Lipinski definition) is 8. The number of anilines is 1. The molecule has 152 valence electrons. The van der Waals surface area contributed by atoms with Crippen LogP contribution in [0.1, 0.15) is 37.8 Å². The highest BCUT2D eigenvalue weighted by Gasteiger charge is 2.32. The lowest BCUT2D eigenvalue weighted by atomic mass is 10.0. The van der Waals surface area contributed by atoms with Crippen LogP contribution in [0.2, 0.25) is 0 Å². The zero-order valence-electron chi connectivity index (χ0n) is 16.4. The second-order valence-electron chi connectivity index (χ2n) is 6.44. The topological polar surface area (TPSA) is 76.6 Å². The van der Waals surface area contributed by atoms with Crippen LogP contribution in [0.25, 0.3) is 0 Å². The van der Waals surface area contributed by atoms with E-state index in [2.05, 4.69) is 22.4 Å². The Labute approximate surface area is 173 Å². The highest BCUT2D eigenvalue weighted by atomic mass is 32.2. The molecule has 1 unspecified atom stereocenters. The van der Waals surface area contributed by atoms with E-state index in [1.165, 1.54) is 23.1 Å². The summed E-state index contributed by atoms with van der Waals surface area (Å²) in [7, 11) is 3.30. The number of hydrogen-bond donors (Lipinski definition) is 1. The van der Waals surface area contributed by atoms with Crippen molar-refractivity contribution < 1.29 is 14.3 Å². The lowest BCUT2D eigenvalue weighted by Crippen LogP contribution is -2.32. The Kier molecular flexibility index (Phi) is 7.38.